The molecule has 0 saturated heterocycles. The van der Waals surface area contributed by atoms with Crippen molar-refractivity contribution in [2.75, 3.05) is 19.8 Å². The average Bonchev–Trinajstić information content (AvgIpc) is 3.23. The third-order valence-electron chi connectivity index (χ3n) is 5.59. The molecule has 0 bridgehead atoms. The van der Waals surface area contributed by atoms with Crippen LogP contribution in [-0.2, 0) is 6.54 Å². The lowest BCUT2D eigenvalue weighted by Gasteiger charge is -2.25. The van der Waals surface area contributed by atoms with E-state index in [1.165, 1.54) is 0 Å². The van der Waals surface area contributed by atoms with E-state index >= 15 is 0 Å². The molecule has 7 heteroatoms. The van der Waals surface area contributed by atoms with Gasteiger partial charge >= 0.3 is 0 Å². The predicted octanol–water partition coefficient (Wildman–Crippen LogP) is 4.63. The molecule has 3 heterocycles. The molecule has 162 valence electrons. The standard InChI is InChI=1S/C25H23N3O4/c1-3-28(15-18-10-7-11-21-23(18)31-13-12-30-21)25(29)19-14-20(17-8-5-4-6-9-17)26-24-22(19)16(2)27-32-24/h4-11,14H,3,12-13,15H2,1-2H3. The van der Waals surface area contributed by atoms with Crippen molar-refractivity contribution in [3.8, 4) is 22.8 Å². The van der Waals surface area contributed by atoms with Gasteiger partial charge in [-0.2, -0.15) is 0 Å². The number of pyridine rings is 1. The summed E-state index contributed by atoms with van der Waals surface area (Å²) in [5, 5.41) is 4.70. The van der Waals surface area contributed by atoms with Gasteiger partial charge < -0.3 is 18.9 Å². The first-order chi connectivity index (χ1) is 15.7. The number of amides is 1. The Morgan fingerprint density at radius 3 is 2.69 bits per heavy atom. The van der Waals surface area contributed by atoms with E-state index in [-0.39, 0.29) is 5.91 Å². The lowest BCUT2D eigenvalue weighted by Crippen LogP contribution is -2.31. The molecular weight excluding hydrogens is 406 g/mol. The number of carbonyl (C=O) groups is 1. The monoisotopic (exact) mass is 429 g/mol. The molecule has 5 rings (SSSR count). The van der Waals surface area contributed by atoms with E-state index in [9.17, 15) is 4.79 Å². The van der Waals surface area contributed by atoms with Crippen molar-refractivity contribution in [1.82, 2.24) is 15.0 Å². The van der Waals surface area contributed by atoms with Gasteiger partial charge in [0.2, 0.25) is 0 Å². The number of para-hydroxylation sites is 1. The number of hydrogen-bond donors (Lipinski definition) is 0. The van der Waals surface area contributed by atoms with Crippen LogP contribution in [0.4, 0.5) is 0 Å². The number of fused-ring (bicyclic) bond motifs is 2. The van der Waals surface area contributed by atoms with Crippen molar-refractivity contribution in [3.05, 3.63) is 71.4 Å². The van der Waals surface area contributed by atoms with Crippen LogP contribution in [0.15, 0.2) is 59.1 Å². The summed E-state index contributed by atoms with van der Waals surface area (Å²) in [7, 11) is 0. The minimum Gasteiger partial charge on any atom is -0.486 e. The fourth-order valence-corrected chi connectivity index (χ4v) is 3.98. The Hall–Kier alpha value is -3.87. The molecule has 0 fully saturated rings. The van der Waals surface area contributed by atoms with Gasteiger partial charge in [0, 0.05) is 24.2 Å². The summed E-state index contributed by atoms with van der Waals surface area (Å²) in [6.07, 6.45) is 0. The van der Waals surface area contributed by atoms with Crippen molar-refractivity contribution < 1.29 is 18.8 Å². The van der Waals surface area contributed by atoms with Crippen LogP contribution in [0.1, 0.15) is 28.5 Å². The van der Waals surface area contributed by atoms with Gasteiger partial charge in [0.15, 0.2) is 11.5 Å². The molecule has 0 aliphatic carbocycles. The maximum Gasteiger partial charge on any atom is 0.259 e. The molecule has 1 aliphatic rings. The highest BCUT2D eigenvalue weighted by molar-refractivity contribution is 6.07. The second-order valence-corrected chi connectivity index (χ2v) is 7.63. The summed E-state index contributed by atoms with van der Waals surface area (Å²) in [6.45, 7) is 5.73. The summed E-state index contributed by atoms with van der Waals surface area (Å²) in [5.41, 5.74) is 4.01. The van der Waals surface area contributed by atoms with Gasteiger partial charge in [-0.1, -0.05) is 47.6 Å². The van der Waals surface area contributed by atoms with E-state index in [2.05, 4.69) is 10.1 Å². The SMILES string of the molecule is CCN(Cc1cccc2c1OCCO2)C(=O)c1cc(-c2ccccc2)nc2onc(C)c12. The number of nitrogens with zero attached hydrogens (tertiary/aromatic N) is 3. The number of aromatic nitrogens is 2. The fraction of sp³-hybridized carbons (Fsp3) is 0.240. The molecule has 1 aliphatic heterocycles. The van der Waals surface area contributed by atoms with Crippen LogP contribution >= 0.6 is 0 Å². The van der Waals surface area contributed by atoms with Crippen molar-refractivity contribution >= 4 is 17.0 Å². The zero-order chi connectivity index (χ0) is 22.1. The molecule has 0 unspecified atom stereocenters. The Balaban J connectivity index is 1.55. The molecular formula is C25H23N3O4. The third-order valence-corrected chi connectivity index (χ3v) is 5.59. The number of carbonyl (C=O) groups excluding carboxylic acids is 1. The maximum absolute atomic E-state index is 13.8. The third kappa shape index (κ3) is 3.56. The average molecular weight is 429 g/mol. The van der Waals surface area contributed by atoms with Crippen LogP contribution in [0.3, 0.4) is 0 Å². The number of hydrogen-bond acceptors (Lipinski definition) is 6. The number of benzene rings is 2. The highest BCUT2D eigenvalue weighted by Crippen LogP contribution is 2.35. The van der Waals surface area contributed by atoms with Gasteiger partial charge in [-0.05, 0) is 26.0 Å². The molecule has 0 N–H and O–H groups in total. The Morgan fingerprint density at radius 2 is 1.88 bits per heavy atom. The smallest absolute Gasteiger partial charge is 0.259 e. The minimum atomic E-state index is -0.113. The summed E-state index contributed by atoms with van der Waals surface area (Å²) in [4.78, 5) is 20.1. The first-order valence-electron chi connectivity index (χ1n) is 10.6. The van der Waals surface area contributed by atoms with E-state index in [1.54, 1.807) is 4.90 Å². The van der Waals surface area contributed by atoms with E-state index in [0.29, 0.717) is 65.9 Å². The molecule has 2 aromatic carbocycles. The largest absolute Gasteiger partial charge is 0.486 e. The molecule has 0 spiro atoms. The Morgan fingerprint density at radius 1 is 1.06 bits per heavy atom. The zero-order valence-electron chi connectivity index (χ0n) is 18.0. The minimum absolute atomic E-state index is 0.113. The van der Waals surface area contributed by atoms with Gasteiger partial charge in [0.05, 0.1) is 22.3 Å². The molecule has 4 aromatic rings. The van der Waals surface area contributed by atoms with Gasteiger partial charge in [-0.3, -0.25) is 4.79 Å². The van der Waals surface area contributed by atoms with Gasteiger partial charge in [-0.25, -0.2) is 4.98 Å². The second-order valence-electron chi connectivity index (χ2n) is 7.63. The fourth-order valence-electron chi connectivity index (χ4n) is 3.98. The lowest BCUT2D eigenvalue weighted by atomic mass is 10.0. The van der Waals surface area contributed by atoms with E-state index in [4.69, 9.17) is 14.0 Å². The first kappa shape index (κ1) is 20.1. The zero-order valence-corrected chi connectivity index (χ0v) is 18.0. The van der Waals surface area contributed by atoms with E-state index < -0.39 is 0 Å². The van der Waals surface area contributed by atoms with Crippen LogP contribution in [0.2, 0.25) is 0 Å². The maximum atomic E-state index is 13.8. The summed E-state index contributed by atoms with van der Waals surface area (Å²) >= 11 is 0. The Bertz CT molecular complexity index is 1280. The van der Waals surface area contributed by atoms with E-state index in [0.717, 1.165) is 11.1 Å². The van der Waals surface area contributed by atoms with Crippen LogP contribution in [0, 0.1) is 6.92 Å². The number of aryl methyl sites for hydroxylation is 1. The quantitative estimate of drug-likeness (QED) is 0.460. The summed E-state index contributed by atoms with van der Waals surface area (Å²) in [5.74, 6) is 1.30. The van der Waals surface area contributed by atoms with E-state index in [1.807, 2.05) is 68.4 Å². The van der Waals surface area contributed by atoms with Crippen LogP contribution in [0.25, 0.3) is 22.4 Å². The normalized spacial score (nSPS) is 12.7. The van der Waals surface area contributed by atoms with Crippen molar-refractivity contribution in [2.45, 2.75) is 20.4 Å². The molecule has 0 saturated carbocycles. The van der Waals surface area contributed by atoms with Crippen molar-refractivity contribution in [2.24, 2.45) is 0 Å². The van der Waals surface area contributed by atoms with Crippen LogP contribution in [0.5, 0.6) is 11.5 Å². The highest BCUT2D eigenvalue weighted by Gasteiger charge is 2.25. The highest BCUT2D eigenvalue weighted by atomic mass is 16.6. The Kier molecular flexibility index (Phi) is 5.23. The number of rotatable bonds is 5. The molecule has 32 heavy (non-hydrogen) atoms. The molecule has 1 amide bonds. The van der Waals surface area contributed by atoms with Gasteiger partial charge in [0.1, 0.15) is 13.2 Å². The summed E-state index contributed by atoms with van der Waals surface area (Å²) < 4.78 is 17.0. The molecule has 0 radical (unpaired) electrons. The molecule has 7 nitrogen and oxygen atoms in total. The van der Waals surface area contributed by atoms with Gasteiger partial charge in [-0.15, -0.1) is 0 Å². The van der Waals surface area contributed by atoms with Crippen LogP contribution < -0.4 is 9.47 Å². The van der Waals surface area contributed by atoms with Crippen molar-refractivity contribution in [1.29, 1.82) is 0 Å². The topological polar surface area (TPSA) is 77.7 Å². The number of ether oxygens (including phenoxy) is 2. The lowest BCUT2D eigenvalue weighted by molar-refractivity contribution is 0.0751. The molecule has 2 aromatic heterocycles. The van der Waals surface area contributed by atoms with Crippen molar-refractivity contribution in [3.63, 3.8) is 0 Å². The predicted molar refractivity (Wildman–Crippen MR) is 120 cm³/mol. The molecule has 0 atom stereocenters. The van der Waals surface area contributed by atoms with Crippen LogP contribution in [-0.4, -0.2) is 40.7 Å². The second kappa shape index (κ2) is 8.34. The summed E-state index contributed by atoms with van der Waals surface area (Å²) in [6, 6.07) is 17.3. The first-order valence-corrected chi connectivity index (χ1v) is 10.6. The van der Waals surface area contributed by atoms with Gasteiger partial charge in [0.25, 0.3) is 11.6 Å². The Labute approximate surface area is 185 Å².